The molecule has 12 heteroatoms. The minimum absolute atomic E-state index is 0.205. The highest BCUT2D eigenvalue weighted by Crippen LogP contribution is 2.33. The summed E-state index contributed by atoms with van der Waals surface area (Å²) in [4.78, 5) is 33.5. The summed E-state index contributed by atoms with van der Waals surface area (Å²) in [5, 5.41) is 10.8. The average molecular weight is 461 g/mol. The number of nitrogens with zero attached hydrogens (tertiary/aromatic N) is 3. The summed E-state index contributed by atoms with van der Waals surface area (Å²) in [7, 11) is 1.07. The van der Waals surface area contributed by atoms with E-state index in [4.69, 9.17) is 9.57 Å². The highest BCUT2D eigenvalue weighted by Gasteiger charge is 2.38. The second kappa shape index (κ2) is 9.84. The predicted molar refractivity (Wildman–Crippen MR) is 102 cm³/mol. The Bertz CT molecular complexity index is 900. The summed E-state index contributed by atoms with van der Waals surface area (Å²) < 4.78 is 58.4. The molecule has 1 aromatic rings. The Labute approximate surface area is 181 Å². The van der Waals surface area contributed by atoms with E-state index in [1.54, 1.807) is 0 Å². The zero-order valence-corrected chi connectivity index (χ0v) is 17.3. The van der Waals surface area contributed by atoms with Crippen LogP contribution in [0.25, 0.3) is 0 Å². The SMILES string of the molecule is CON(Cc1ccc(F)cc1C(F)(F)F)C(=O)C1=C(O)C(=O)N(CCN2CCOCC2)C1. The Hall–Kier alpha value is -2.70. The molecule has 0 unspecified atom stereocenters. The van der Waals surface area contributed by atoms with Crippen molar-refractivity contribution < 1.29 is 41.8 Å². The average Bonchev–Trinajstić information content (AvgIpc) is 3.05. The number of carbonyl (C=O) groups excluding carboxylic acids is 2. The smallest absolute Gasteiger partial charge is 0.416 e. The fraction of sp³-hybridized carbons (Fsp3) is 0.500. The van der Waals surface area contributed by atoms with Gasteiger partial charge in [-0.15, -0.1) is 0 Å². The third kappa shape index (κ3) is 5.37. The first-order valence-corrected chi connectivity index (χ1v) is 9.85. The molecule has 2 heterocycles. The summed E-state index contributed by atoms with van der Waals surface area (Å²) in [6.07, 6.45) is -4.85. The number of aliphatic hydroxyl groups excluding tert-OH is 1. The molecule has 3 rings (SSSR count). The number of hydroxylamine groups is 2. The molecule has 0 bridgehead atoms. The Balaban J connectivity index is 1.70. The number of amides is 2. The van der Waals surface area contributed by atoms with Crippen molar-refractivity contribution in [1.29, 1.82) is 0 Å². The third-order valence-corrected chi connectivity index (χ3v) is 5.31. The van der Waals surface area contributed by atoms with E-state index in [1.807, 2.05) is 0 Å². The van der Waals surface area contributed by atoms with Gasteiger partial charge in [0.25, 0.3) is 11.8 Å². The normalized spacial score (nSPS) is 17.9. The minimum atomic E-state index is -4.85. The van der Waals surface area contributed by atoms with Crippen LogP contribution in [0.15, 0.2) is 29.5 Å². The molecule has 0 radical (unpaired) electrons. The van der Waals surface area contributed by atoms with Gasteiger partial charge in [-0.1, -0.05) is 6.07 Å². The fourth-order valence-electron chi connectivity index (χ4n) is 3.53. The number of halogens is 4. The van der Waals surface area contributed by atoms with Gasteiger partial charge >= 0.3 is 6.18 Å². The van der Waals surface area contributed by atoms with Crippen molar-refractivity contribution in [3.8, 4) is 0 Å². The number of morpholine rings is 1. The molecule has 0 aliphatic carbocycles. The van der Waals surface area contributed by atoms with Crippen molar-refractivity contribution in [2.75, 3.05) is 53.0 Å². The van der Waals surface area contributed by atoms with Crippen LogP contribution in [0.2, 0.25) is 0 Å². The molecule has 2 aliphatic rings. The lowest BCUT2D eigenvalue weighted by Gasteiger charge is -2.28. The van der Waals surface area contributed by atoms with E-state index in [1.165, 1.54) is 4.90 Å². The molecule has 8 nitrogen and oxygen atoms in total. The van der Waals surface area contributed by atoms with Gasteiger partial charge in [0.15, 0.2) is 5.76 Å². The zero-order valence-electron chi connectivity index (χ0n) is 17.3. The van der Waals surface area contributed by atoms with E-state index >= 15 is 0 Å². The van der Waals surface area contributed by atoms with Gasteiger partial charge in [-0.05, 0) is 17.7 Å². The Morgan fingerprint density at radius 1 is 1.25 bits per heavy atom. The van der Waals surface area contributed by atoms with Crippen LogP contribution in [0.4, 0.5) is 17.6 Å². The molecule has 176 valence electrons. The number of aliphatic hydroxyl groups is 1. The number of benzene rings is 1. The Morgan fingerprint density at radius 2 is 1.94 bits per heavy atom. The second-order valence-electron chi connectivity index (χ2n) is 7.33. The second-order valence-corrected chi connectivity index (χ2v) is 7.33. The third-order valence-electron chi connectivity index (χ3n) is 5.31. The lowest BCUT2D eigenvalue weighted by Crippen LogP contribution is -2.42. The Morgan fingerprint density at radius 3 is 2.56 bits per heavy atom. The largest absolute Gasteiger partial charge is 0.503 e. The zero-order chi connectivity index (χ0) is 23.5. The van der Waals surface area contributed by atoms with Crippen molar-refractivity contribution in [2.45, 2.75) is 12.7 Å². The number of hydrogen-bond acceptors (Lipinski definition) is 6. The quantitative estimate of drug-likeness (QED) is 0.492. The van der Waals surface area contributed by atoms with Crippen molar-refractivity contribution in [3.05, 3.63) is 46.5 Å². The van der Waals surface area contributed by atoms with Crippen LogP contribution in [-0.4, -0.2) is 84.8 Å². The van der Waals surface area contributed by atoms with E-state index < -0.39 is 47.2 Å². The van der Waals surface area contributed by atoms with Gasteiger partial charge in [0, 0.05) is 26.2 Å². The number of alkyl halides is 3. The van der Waals surface area contributed by atoms with Crippen LogP contribution in [-0.2, 0) is 31.9 Å². The molecule has 1 aromatic carbocycles. The molecule has 0 atom stereocenters. The van der Waals surface area contributed by atoms with Gasteiger partial charge in [0.2, 0.25) is 0 Å². The van der Waals surface area contributed by atoms with Gasteiger partial charge < -0.3 is 14.7 Å². The van der Waals surface area contributed by atoms with Crippen LogP contribution in [0, 0.1) is 5.82 Å². The first-order chi connectivity index (χ1) is 15.1. The minimum Gasteiger partial charge on any atom is -0.503 e. The number of hydrogen-bond donors (Lipinski definition) is 1. The summed E-state index contributed by atoms with van der Waals surface area (Å²) >= 11 is 0. The molecule has 0 spiro atoms. The molecule has 2 aliphatic heterocycles. The molecule has 0 aromatic heterocycles. The molecule has 1 saturated heterocycles. The van der Waals surface area contributed by atoms with E-state index in [0.29, 0.717) is 44.0 Å². The van der Waals surface area contributed by atoms with Gasteiger partial charge in [0.1, 0.15) is 5.82 Å². The van der Waals surface area contributed by atoms with E-state index in [2.05, 4.69) is 4.90 Å². The molecule has 1 fully saturated rings. The first-order valence-electron chi connectivity index (χ1n) is 9.85. The molecule has 1 N–H and O–H groups in total. The maximum atomic E-state index is 13.3. The van der Waals surface area contributed by atoms with Crippen molar-refractivity contribution in [2.24, 2.45) is 0 Å². The molecule has 0 saturated carbocycles. The standard InChI is InChI=1S/C20H23F4N3O5/c1-31-27(11-13-2-3-14(21)10-16(13)20(22,23)24)18(29)15-12-26(19(30)17(15)28)5-4-25-6-8-32-9-7-25/h2-3,10,28H,4-9,11-12H2,1H3. The maximum absolute atomic E-state index is 13.3. The van der Waals surface area contributed by atoms with E-state index in [-0.39, 0.29) is 18.7 Å². The topological polar surface area (TPSA) is 82.5 Å². The monoisotopic (exact) mass is 461 g/mol. The predicted octanol–water partition coefficient (Wildman–Crippen LogP) is 1.72. The van der Waals surface area contributed by atoms with Crippen molar-refractivity contribution in [1.82, 2.24) is 14.9 Å². The van der Waals surface area contributed by atoms with E-state index in [9.17, 15) is 32.3 Å². The maximum Gasteiger partial charge on any atom is 0.416 e. The molecular weight excluding hydrogens is 438 g/mol. The van der Waals surface area contributed by atoms with Crippen molar-refractivity contribution in [3.63, 3.8) is 0 Å². The summed E-state index contributed by atoms with van der Waals surface area (Å²) in [5.74, 6) is -3.54. The fourth-order valence-corrected chi connectivity index (χ4v) is 3.53. The number of carbonyl (C=O) groups is 2. The van der Waals surface area contributed by atoms with Crippen LogP contribution in [0.1, 0.15) is 11.1 Å². The molecular formula is C20H23F4N3O5. The lowest BCUT2D eigenvalue weighted by atomic mass is 10.1. The van der Waals surface area contributed by atoms with Crippen LogP contribution in [0.5, 0.6) is 0 Å². The molecule has 2 amide bonds. The Kier molecular flexibility index (Phi) is 7.36. The van der Waals surface area contributed by atoms with Gasteiger partial charge in [-0.25, -0.2) is 9.45 Å². The lowest BCUT2D eigenvalue weighted by molar-refractivity contribution is -0.176. The van der Waals surface area contributed by atoms with E-state index in [0.717, 1.165) is 19.2 Å². The number of rotatable bonds is 7. The van der Waals surface area contributed by atoms with Crippen LogP contribution >= 0.6 is 0 Å². The van der Waals surface area contributed by atoms with Crippen molar-refractivity contribution >= 4 is 11.8 Å². The van der Waals surface area contributed by atoms with Gasteiger partial charge in [-0.3, -0.25) is 19.3 Å². The van der Waals surface area contributed by atoms with Crippen LogP contribution < -0.4 is 0 Å². The first kappa shape index (κ1) is 24.0. The summed E-state index contributed by atoms with van der Waals surface area (Å²) in [6, 6.07) is 2.07. The van der Waals surface area contributed by atoms with Gasteiger partial charge in [0.05, 0.1) is 44.5 Å². The highest BCUT2D eigenvalue weighted by atomic mass is 19.4. The highest BCUT2D eigenvalue weighted by molar-refractivity contribution is 6.06. The molecule has 32 heavy (non-hydrogen) atoms. The van der Waals surface area contributed by atoms with Gasteiger partial charge in [-0.2, -0.15) is 13.2 Å². The number of ether oxygens (including phenoxy) is 1. The summed E-state index contributed by atoms with van der Waals surface area (Å²) in [5.41, 5.74) is -1.93. The van der Waals surface area contributed by atoms with Crippen LogP contribution in [0.3, 0.4) is 0 Å². The summed E-state index contributed by atoms with van der Waals surface area (Å²) in [6.45, 7) is 2.45.